The van der Waals surface area contributed by atoms with Crippen LogP contribution in [0.5, 0.6) is 0 Å². The molecule has 2 amide bonds. The minimum atomic E-state index is -0.514. The van der Waals surface area contributed by atoms with E-state index in [2.05, 4.69) is 19.2 Å². The van der Waals surface area contributed by atoms with E-state index in [4.69, 9.17) is 0 Å². The quantitative estimate of drug-likeness (QED) is 0.819. The standard InChI is InChI=1S/C17H26N2O2/c1-13(2)10-11-18-16(20)17(21)19(14(3)4)12-15-8-6-5-7-9-15/h5-9,13-14H,10-12H2,1-4H3,(H,18,20). The average Bonchev–Trinajstić information content (AvgIpc) is 2.44. The van der Waals surface area contributed by atoms with Crippen LogP contribution in [0, 0.1) is 5.92 Å². The Morgan fingerprint density at radius 1 is 1.10 bits per heavy atom. The Labute approximate surface area is 127 Å². The summed E-state index contributed by atoms with van der Waals surface area (Å²) in [5, 5.41) is 2.70. The number of carbonyl (C=O) groups is 2. The number of rotatable bonds is 6. The number of benzene rings is 1. The zero-order chi connectivity index (χ0) is 15.8. The molecular formula is C17H26N2O2. The lowest BCUT2D eigenvalue weighted by Crippen LogP contribution is -2.46. The lowest BCUT2D eigenvalue weighted by Gasteiger charge is -2.26. The molecule has 0 radical (unpaired) electrons. The maximum atomic E-state index is 12.3. The van der Waals surface area contributed by atoms with Crippen molar-refractivity contribution in [2.75, 3.05) is 6.54 Å². The topological polar surface area (TPSA) is 49.4 Å². The van der Waals surface area contributed by atoms with E-state index < -0.39 is 11.8 Å². The zero-order valence-electron chi connectivity index (χ0n) is 13.4. The Hall–Kier alpha value is -1.84. The van der Waals surface area contributed by atoms with Crippen LogP contribution in [0.25, 0.3) is 0 Å². The van der Waals surface area contributed by atoms with Crippen LogP contribution in [0.4, 0.5) is 0 Å². The van der Waals surface area contributed by atoms with Gasteiger partial charge < -0.3 is 10.2 Å². The van der Waals surface area contributed by atoms with Gasteiger partial charge >= 0.3 is 11.8 Å². The van der Waals surface area contributed by atoms with Crippen LogP contribution in [0.2, 0.25) is 0 Å². The van der Waals surface area contributed by atoms with Gasteiger partial charge in [0.1, 0.15) is 0 Å². The summed E-state index contributed by atoms with van der Waals surface area (Å²) in [5.74, 6) is -0.469. The Bertz CT molecular complexity index is 455. The summed E-state index contributed by atoms with van der Waals surface area (Å²) in [7, 11) is 0. The fraction of sp³-hybridized carbons (Fsp3) is 0.529. The third-order valence-electron chi connectivity index (χ3n) is 3.28. The first-order chi connectivity index (χ1) is 9.91. The molecule has 0 atom stereocenters. The van der Waals surface area contributed by atoms with Crippen molar-refractivity contribution >= 4 is 11.8 Å². The third kappa shape index (κ3) is 5.98. The summed E-state index contributed by atoms with van der Waals surface area (Å²) in [6.07, 6.45) is 0.874. The predicted molar refractivity (Wildman–Crippen MR) is 84.6 cm³/mol. The minimum absolute atomic E-state index is 0.0199. The first-order valence-corrected chi connectivity index (χ1v) is 7.54. The molecule has 0 aliphatic heterocycles. The van der Waals surface area contributed by atoms with Gasteiger partial charge in [-0.25, -0.2) is 0 Å². The molecule has 0 aliphatic rings. The van der Waals surface area contributed by atoms with Crippen LogP contribution in [0.15, 0.2) is 30.3 Å². The van der Waals surface area contributed by atoms with Crippen LogP contribution in [0.3, 0.4) is 0 Å². The summed E-state index contributed by atoms with van der Waals surface area (Å²) in [6, 6.07) is 9.69. The lowest BCUT2D eigenvalue weighted by molar-refractivity contribution is -0.147. The van der Waals surface area contributed by atoms with E-state index in [0.29, 0.717) is 19.0 Å². The monoisotopic (exact) mass is 290 g/mol. The molecule has 0 aromatic heterocycles. The molecule has 0 saturated carbocycles. The van der Waals surface area contributed by atoms with Gasteiger partial charge in [0.25, 0.3) is 0 Å². The van der Waals surface area contributed by atoms with Crippen molar-refractivity contribution in [2.45, 2.75) is 46.7 Å². The van der Waals surface area contributed by atoms with E-state index in [0.717, 1.165) is 12.0 Å². The van der Waals surface area contributed by atoms with E-state index in [-0.39, 0.29) is 6.04 Å². The molecule has 1 rings (SSSR count). The molecule has 0 unspecified atom stereocenters. The number of nitrogens with one attached hydrogen (secondary N) is 1. The zero-order valence-corrected chi connectivity index (χ0v) is 13.4. The normalized spacial score (nSPS) is 10.8. The number of amides is 2. The van der Waals surface area contributed by atoms with Crippen LogP contribution < -0.4 is 5.32 Å². The lowest BCUT2D eigenvalue weighted by atomic mass is 10.1. The maximum absolute atomic E-state index is 12.3. The molecule has 21 heavy (non-hydrogen) atoms. The fourth-order valence-corrected chi connectivity index (χ4v) is 1.95. The highest BCUT2D eigenvalue weighted by molar-refractivity contribution is 6.35. The molecule has 0 bridgehead atoms. The van der Waals surface area contributed by atoms with Gasteiger partial charge in [0.15, 0.2) is 0 Å². The van der Waals surface area contributed by atoms with E-state index in [1.807, 2.05) is 44.2 Å². The van der Waals surface area contributed by atoms with E-state index in [9.17, 15) is 9.59 Å². The Morgan fingerprint density at radius 2 is 1.71 bits per heavy atom. The molecule has 0 fully saturated rings. The summed E-state index contributed by atoms with van der Waals surface area (Å²) in [4.78, 5) is 25.8. The van der Waals surface area contributed by atoms with Gasteiger partial charge in [-0.15, -0.1) is 0 Å². The number of hydrogen-bond acceptors (Lipinski definition) is 2. The molecular weight excluding hydrogens is 264 g/mol. The fourth-order valence-electron chi connectivity index (χ4n) is 1.95. The van der Waals surface area contributed by atoms with E-state index in [1.165, 1.54) is 0 Å². The van der Waals surface area contributed by atoms with Gasteiger partial charge in [0.05, 0.1) is 0 Å². The molecule has 116 valence electrons. The number of carbonyl (C=O) groups excluding carboxylic acids is 2. The molecule has 4 heteroatoms. The molecule has 1 aromatic carbocycles. The SMILES string of the molecule is CC(C)CCNC(=O)C(=O)N(Cc1ccccc1)C(C)C. The molecule has 0 spiro atoms. The number of hydrogen-bond donors (Lipinski definition) is 1. The van der Waals surface area contributed by atoms with Crippen LogP contribution in [-0.2, 0) is 16.1 Å². The van der Waals surface area contributed by atoms with Crippen LogP contribution in [0.1, 0.15) is 39.7 Å². The first-order valence-electron chi connectivity index (χ1n) is 7.54. The predicted octanol–water partition coefficient (Wildman–Crippen LogP) is 2.59. The Morgan fingerprint density at radius 3 is 2.24 bits per heavy atom. The highest BCUT2D eigenvalue weighted by atomic mass is 16.2. The summed E-state index contributed by atoms with van der Waals surface area (Å²) >= 11 is 0. The summed E-state index contributed by atoms with van der Waals surface area (Å²) < 4.78 is 0. The molecule has 0 aliphatic carbocycles. The van der Waals surface area contributed by atoms with E-state index >= 15 is 0 Å². The van der Waals surface area contributed by atoms with Crippen LogP contribution >= 0.6 is 0 Å². The van der Waals surface area contributed by atoms with Crippen LogP contribution in [-0.4, -0.2) is 29.3 Å². The van der Waals surface area contributed by atoms with Gasteiger partial charge in [0, 0.05) is 19.1 Å². The van der Waals surface area contributed by atoms with Gasteiger partial charge in [-0.2, -0.15) is 0 Å². The second kappa shape index (κ2) is 8.45. The Kier molecular flexibility index (Phi) is 6.92. The highest BCUT2D eigenvalue weighted by Gasteiger charge is 2.23. The highest BCUT2D eigenvalue weighted by Crippen LogP contribution is 2.08. The largest absolute Gasteiger partial charge is 0.348 e. The third-order valence-corrected chi connectivity index (χ3v) is 3.28. The van der Waals surface area contributed by atoms with Gasteiger partial charge in [0.2, 0.25) is 0 Å². The van der Waals surface area contributed by atoms with Crippen molar-refractivity contribution in [3.8, 4) is 0 Å². The molecule has 0 heterocycles. The smallest absolute Gasteiger partial charge is 0.312 e. The second-order valence-electron chi connectivity index (χ2n) is 5.95. The van der Waals surface area contributed by atoms with Crippen molar-refractivity contribution in [2.24, 2.45) is 5.92 Å². The molecule has 0 saturated heterocycles. The van der Waals surface area contributed by atoms with Crippen molar-refractivity contribution < 1.29 is 9.59 Å². The van der Waals surface area contributed by atoms with Crippen molar-refractivity contribution in [3.05, 3.63) is 35.9 Å². The van der Waals surface area contributed by atoms with Gasteiger partial charge in [-0.1, -0.05) is 44.2 Å². The van der Waals surface area contributed by atoms with Crippen molar-refractivity contribution in [1.82, 2.24) is 10.2 Å². The minimum Gasteiger partial charge on any atom is -0.348 e. The van der Waals surface area contributed by atoms with Crippen molar-refractivity contribution in [1.29, 1.82) is 0 Å². The van der Waals surface area contributed by atoms with Gasteiger partial charge in [-0.05, 0) is 31.7 Å². The molecule has 4 nitrogen and oxygen atoms in total. The average molecular weight is 290 g/mol. The summed E-state index contributed by atoms with van der Waals surface area (Å²) in [6.45, 7) is 9.01. The van der Waals surface area contributed by atoms with Crippen molar-refractivity contribution in [3.63, 3.8) is 0 Å². The van der Waals surface area contributed by atoms with Gasteiger partial charge in [-0.3, -0.25) is 9.59 Å². The molecule has 1 aromatic rings. The Balaban J connectivity index is 2.63. The van der Waals surface area contributed by atoms with E-state index in [1.54, 1.807) is 4.90 Å². The number of nitrogens with zero attached hydrogens (tertiary/aromatic N) is 1. The molecule has 1 N–H and O–H groups in total. The summed E-state index contributed by atoms with van der Waals surface area (Å²) in [5.41, 5.74) is 1.02. The second-order valence-corrected chi connectivity index (χ2v) is 5.95. The maximum Gasteiger partial charge on any atom is 0.312 e. The first kappa shape index (κ1) is 17.2.